The van der Waals surface area contributed by atoms with Crippen molar-refractivity contribution in [3.63, 3.8) is 0 Å². The van der Waals surface area contributed by atoms with E-state index in [9.17, 15) is 9.18 Å². The summed E-state index contributed by atoms with van der Waals surface area (Å²) in [5, 5.41) is 1.33. The van der Waals surface area contributed by atoms with Gasteiger partial charge in [-0.1, -0.05) is 23.7 Å². The molecule has 3 aromatic heterocycles. The van der Waals surface area contributed by atoms with Crippen LogP contribution in [0.25, 0.3) is 22.2 Å². The Bertz CT molecular complexity index is 1300. The van der Waals surface area contributed by atoms with Crippen LogP contribution in [0.2, 0.25) is 5.02 Å². The molecule has 0 spiro atoms. The number of anilines is 1. The molecule has 1 fully saturated rings. The van der Waals surface area contributed by atoms with E-state index in [1.54, 1.807) is 24.3 Å². The number of benzene rings is 1. The van der Waals surface area contributed by atoms with Gasteiger partial charge in [-0.2, -0.15) is 0 Å². The molecule has 1 aliphatic rings. The number of pyridine rings is 2. The van der Waals surface area contributed by atoms with Gasteiger partial charge in [-0.3, -0.25) is 9.36 Å². The molecule has 1 aliphatic heterocycles. The van der Waals surface area contributed by atoms with E-state index in [0.29, 0.717) is 29.4 Å². The summed E-state index contributed by atoms with van der Waals surface area (Å²) in [4.78, 5) is 22.6. The third-order valence-electron chi connectivity index (χ3n) is 5.52. The number of H-pyrrole nitrogens is 1. The molecule has 8 heteroatoms. The lowest BCUT2D eigenvalue weighted by atomic mass is 10.1. The number of alkyl halides is 1. The summed E-state index contributed by atoms with van der Waals surface area (Å²) < 4.78 is 21.4. The molecule has 0 saturated carbocycles. The van der Waals surface area contributed by atoms with Crippen molar-refractivity contribution >= 4 is 28.3 Å². The number of hydrogen-bond acceptors (Lipinski definition) is 4. The standard InChI is InChI=1S/C23H20ClFN4O2/c24-17-3-1-2-16(10-17)22(25)29-5-4-15(11-21(29)30)20-14-27-23-19(20)12-18(13-26-23)28-6-8-31-9-7-28/h1-5,10-14,22H,6-9H2,(H,26,27). The smallest absolute Gasteiger partial charge is 0.253 e. The average molecular weight is 439 g/mol. The number of nitrogens with one attached hydrogen (secondary N) is 1. The molecule has 1 N–H and O–H groups in total. The van der Waals surface area contributed by atoms with Crippen molar-refractivity contribution in [2.24, 2.45) is 0 Å². The van der Waals surface area contributed by atoms with Crippen LogP contribution in [0.4, 0.5) is 10.1 Å². The maximum absolute atomic E-state index is 15.0. The zero-order valence-corrected chi connectivity index (χ0v) is 17.3. The number of aromatic amines is 1. The number of fused-ring (bicyclic) bond motifs is 1. The van der Waals surface area contributed by atoms with Crippen LogP contribution in [0.3, 0.4) is 0 Å². The monoisotopic (exact) mass is 438 g/mol. The first-order valence-electron chi connectivity index (χ1n) is 10.0. The van der Waals surface area contributed by atoms with Crippen molar-refractivity contribution in [1.29, 1.82) is 0 Å². The van der Waals surface area contributed by atoms with E-state index in [-0.39, 0.29) is 0 Å². The second kappa shape index (κ2) is 8.17. The summed E-state index contributed by atoms with van der Waals surface area (Å²) in [6, 6.07) is 11.7. The van der Waals surface area contributed by atoms with Gasteiger partial charge < -0.3 is 14.6 Å². The predicted molar refractivity (Wildman–Crippen MR) is 120 cm³/mol. The molecule has 5 rings (SSSR count). The third-order valence-corrected chi connectivity index (χ3v) is 5.76. The number of rotatable bonds is 4. The van der Waals surface area contributed by atoms with Gasteiger partial charge in [-0.25, -0.2) is 9.37 Å². The van der Waals surface area contributed by atoms with Crippen molar-refractivity contribution in [3.05, 3.63) is 82.0 Å². The van der Waals surface area contributed by atoms with E-state index in [0.717, 1.165) is 39.9 Å². The quantitative estimate of drug-likeness (QED) is 0.513. The molecule has 1 saturated heterocycles. The van der Waals surface area contributed by atoms with E-state index in [4.69, 9.17) is 16.3 Å². The van der Waals surface area contributed by atoms with Gasteiger partial charge in [0.15, 0.2) is 0 Å². The Kier molecular flexibility index (Phi) is 5.21. The molecule has 1 aromatic carbocycles. The minimum absolute atomic E-state index is 0.328. The van der Waals surface area contributed by atoms with Crippen LogP contribution in [0.1, 0.15) is 11.9 Å². The van der Waals surface area contributed by atoms with Crippen molar-refractivity contribution in [2.75, 3.05) is 31.2 Å². The largest absolute Gasteiger partial charge is 0.378 e. The fourth-order valence-corrected chi connectivity index (χ4v) is 4.08. The van der Waals surface area contributed by atoms with E-state index in [1.165, 1.54) is 18.3 Å². The molecule has 0 aliphatic carbocycles. The first-order valence-corrected chi connectivity index (χ1v) is 10.4. The Morgan fingerprint density at radius 1 is 1.16 bits per heavy atom. The highest BCUT2D eigenvalue weighted by molar-refractivity contribution is 6.30. The van der Waals surface area contributed by atoms with Crippen molar-refractivity contribution in [3.8, 4) is 11.1 Å². The zero-order chi connectivity index (χ0) is 21.4. The Morgan fingerprint density at radius 3 is 2.77 bits per heavy atom. The maximum atomic E-state index is 15.0. The van der Waals surface area contributed by atoms with Crippen molar-refractivity contribution in [2.45, 2.75) is 6.30 Å². The summed E-state index contributed by atoms with van der Waals surface area (Å²) in [6.07, 6.45) is 3.52. The lowest BCUT2D eigenvalue weighted by molar-refractivity contribution is 0.122. The van der Waals surface area contributed by atoms with Gasteiger partial charge >= 0.3 is 0 Å². The van der Waals surface area contributed by atoms with Gasteiger partial charge in [-0.05, 0) is 29.8 Å². The molecular formula is C23H20ClFN4O2. The zero-order valence-electron chi connectivity index (χ0n) is 16.6. The van der Waals surface area contributed by atoms with Gasteiger partial charge in [0.05, 0.1) is 25.1 Å². The van der Waals surface area contributed by atoms with Gasteiger partial charge in [0.1, 0.15) is 5.65 Å². The van der Waals surface area contributed by atoms with E-state index >= 15 is 0 Å². The second-order valence-corrected chi connectivity index (χ2v) is 7.88. The minimum atomic E-state index is -1.61. The molecule has 31 heavy (non-hydrogen) atoms. The molecule has 4 aromatic rings. The van der Waals surface area contributed by atoms with E-state index in [1.807, 2.05) is 12.4 Å². The molecule has 0 radical (unpaired) electrons. The lowest BCUT2D eigenvalue weighted by Crippen LogP contribution is -2.36. The fourth-order valence-electron chi connectivity index (χ4n) is 3.89. The minimum Gasteiger partial charge on any atom is -0.378 e. The predicted octanol–water partition coefficient (Wildman–Crippen LogP) is 4.40. The molecule has 158 valence electrons. The highest BCUT2D eigenvalue weighted by Crippen LogP contribution is 2.30. The fraction of sp³-hybridized carbons (Fsp3) is 0.217. The van der Waals surface area contributed by atoms with Crippen LogP contribution in [0.15, 0.2) is 65.8 Å². The number of aromatic nitrogens is 3. The van der Waals surface area contributed by atoms with Gasteiger partial charge in [0, 0.05) is 53.1 Å². The summed E-state index contributed by atoms with van der Waals surface area (Å²) >= 11 is 5.96. The van der Waals surface area contributed by atoms with Crippen molar-refractivity contribution < 1.29 is 9.13 Å². The first-order chi connectivity index (χ1) is 15.1. The van der Waals surface area contributed by atoms with Crippen LogP contribution in [0, 0.1) is 0 Å². The molecule has 4 heterocycles. The Labute approximate surface area is 182 Å². The Balaban J connectivity index is 1.50. The Morgan fingerprint density at radius 2 is 2.00 bits per heavy atom. The van der Waals surface area contributed by atoms with E-state index in [2.05, 4.69) is 20.9 Å². The summed E-state index contributed by atoms with van der Waals surface area (Å²) in [5.41, 5.74) is 3.19. The molecule has 0 amide bonds. The number of morpholine rings is 1. The SMILES string of the molecule is O=c1cc(-c2c[nH]c3ncc(N4CCOCC4)cc23)ccn1C(F)c1cccc(Cl)c1. The lowest BCUT2D eigenvalue weighted by Gasteiger charge is -2.28. The van der Waals surface area contributed by atoms with Crippen molar-refractivity contribution in [1.82, 2.24) is 14.5 Å². The molecule has 0 bridgehead atoms. The number of hydrogen-bond donors (Lipinski definition) is 1. The van der Waals surface area contributed by atoms with E-state index < -0.39 is 11.9 Å². The summed E-state index contributed by atoms with van der Waals surface area (Å²) in [7, 11) is 0. The average Bonchev–Trinajstić information content (AvgIpc) is 3.22. The molecule has 1 atom stereocenters. The summed E-state index contributed by atoms with van der Waals surface area (Å²) in [5.74, 6) is 0. The second-order valence-electron chi connectivity index (χ2n) is 7.44. The van der Waals surface area contributed by atoms with Crippen LogP contribution < -0.4 is 10.5 Å². The number of halogens is 2. The highest BCUT2D eigenvalue weighted by Gasteiger charge is 2.17. The first kappa shape index (κ1) is 19.8. The summed E-state index contributed by atoms with van der Waals surface area (Å²) in [6.45, 7) is 3.00. The van der Waals surface area contributed by atoms with Gasteiger partial charge in [0.2, 0.25) is 6.30 Å². The van der Waals surface area contributed by atoms with Crippen LogP contribution in [-0.2, 0) is 4.74 Å². The van der Waals surface area contributed by atoms with Gasteiger partial charge in [0.25, 0.3) is 5.56 Å². The normalized spacial score (nSPS) is 15.4. The molecule has 1 unspecified atom stereocenters. The number of ether oxygens (including phenoxy) is 1. The van der Waals surface area contributed by atoms with Crippen LogP contribution in [-0.4, -0.2) is 40.8 Å². The molecular weight excluding hydrogens is 419 g/mol. The Hall–Kier alpha value is -3.16. The topological polar surface area (TPSA) is 63.1 Å². The molecule has 6 nitrogen and oxygen atoms in total. The maximum Gasteiger partial charge on any atom is 0.253 e. The highest BCUT2D eigenvalue weighted by atomic mass is 35.5. The van der Waals surface area contributed by atoms with Gasteiger partial charge in [-0.15, -0.1) is 0 Å². The number of nitrogens with zero attached hydrogens (tertiary/aromatic N) is 3. The van der Waals surface area contributed by atoms with Crippen LogP contribution >= 0.6 is 11.6 Å². The van der Waals surface area contributed by atoms with Crippen LogP contribution in [0.5, 0.6) is 0 Å². The third kappa shape index (κ3) is 3.82.